The van der Waals surface area contributed by atoms with E-state index in [0.29, 0.717) is 0 Å². The van der Waals surface area contributed by atoms with Crippen molar-refractivity contribution in [2.24, 2.45) is 0 Å². The molecule has 3 heteroatoms. The number of benzene rings is 1. The van der Waals surface area contributed by atoms with Crippen molar-refractivity contribution >= 4 is 0 Å². The van der Waals surface area contributed by atoms with E-state index in [0.717, 1.165) is 30.1 Å². The molecule has 0 aliphatic rings. The van der Waals surface area contributed by atoms with Crippen LogP contribution in [0.1, 0.15) is 23.7 Å². The van der Waals surface area contributed by atoms with Gasteiger partial charge in [0.05, 0.1) is 5.69 Å². The summed E-state index contributed by atoms with van der Waals surface area (Å²) in [6.45, 7) is 7.94. The van der Waals surface area contributed by atoms with Gasteiger partial charge in [0.25, 0.3) is 0 Å². The number of rotatable bonds is 4. The zero-order valence-electron chi connectivity index (χ0n) is 10.6. The van der Waals surface area contributed by atoms with E-state index in [9.17, 15) is 0 Å². The smallest absolute Gasteiger partial charge is 0.167 e. The van der Waals surface area contributed by atoms with Crippen LogP contribution < -0.4 is 5.32 Å². The molecule has 2 rings (SSSR count). The van der Waals surface area contributed by atoms with Crippen molar-refractivity contribution in [3.8, 4) is 11.3 Å². The maximum absolute atomic E-state index is 5.37. The van der Waals surface area contributed by atoms with E-state index >= 15 is 0 Å². The molecule has 0 saturated carbocycles. The first-order valence-corrected chi connectivity index (χ1v) is 5.94. The van der Waals surface area contributed by atoms with Gasteiger partial charge in [0.1, 0.15) is 0 Å². The second kappa shape index (κ2) is 5.15. The lowest BCUT2D eigenvalue weighted by Crippen LogP contribution is -2.11. The Hall–Kier alpha value is -1.61. The molecule has 2 aromatic rings. The summed E-state index contributed by atoms with van der Waals surface area (Å²) in [5.74, 6) is 0.838. The summed E-state index contributed by atoms with van der Waals surface area (Å²) in [6, 6.07) is 8.38. The summed E-state index contributed by atoms with van der Waals surface area (Å²) in [5.41, 5.74) is 4.52. The summed E-state index contributed by atoms with van der Waals surface area (Å²) >= 11 is 0. The number of hydrogen-bond acceptors (Lipinski definition) is 3. The van der Waals surface area contributed by atoms with E-state index in [1.807, 2.05) is 6.07 Å². The first-order chi connectivity index (χ1) is 8.19. The van der Waals surface area contributed by atoms with Crippen LogP contribution in [0.25, 0.3) is 11.3 Å². The fraction of sp³-hybridized carbons (Fsp3) is 0.357. The van der Waals surface area contributed by atoms with Crippen molar-refractivity contribution in [3.05, 3.63) is 41.1 Å². The molecule has 1 aromatic carbocycles. The number of aryl methyl sites for hydroxylation is 2. The molecule has 17 heavy (non-hydrogen) atoms. The van der Waals surface area contributed by atoms with Crippen LogP contribution in [-0.4, -0.2) is 11.7 Å². The molecule has 0 aliphatic heterocycles. The van der Waals surface area contributed by atoms with Crippen LogP contribution in [0.3, 0.4) is 0 Å². The highest BCUT2D eigenvalue weighted by molar-refractivity contribution is 5.59. The summed E-state index contributed by atoms with van der Waals surface area (Å²) < 4.78 is 5.37. The highest BCUT2D eigenvalue weighted by Crippen LogP contribution is 2.22. The molecular formula is C14H18N2O. The number of nitrogens with zero attached hydrogens (tertiary/aromatic N) is 1. The zero-order valence-corrected chi connectivity index (χ0v) is 10.6. The number of aromatic nitrogens is 1. The van der Waals surface area contributed by atoms with Crippen molar-refractivity contribution in [2.45, 2.75) is 27.3 Å². The molecule has 0 saturated heterocycles. The summed E-state index contributed by atoms with van der Waals surface area (Å²) in [7, 11) is 0. The molecule has 0 radical (unpaired) electrons. The van der Waals surface area contributed by atoms with Crippen molar-refractivity contribution in [1.82, 2.24) is 10.5 Å². The van der Waals surface area contributed by atoms with Crippen LogP contribution in [0.5, 0.6) is 0 Å². The standard InChI is InChI=1S/C14H18N2O/c1-4-15-9-13-8-14(17-16-13)12-6-10(2)5-11(3)7-12/h5-8,15H,4,9H2,1-3H3. The van der Waals surface area contributed by atoms with Gasteiger partial charge in [-0.1, -0.05) is 29.3 Å². The minimum atomic E-state index is 0.755. The lowest BCUT2D eigenvalue weighted by Gasteiger charge is -2.00. The Morgan fingerprint density at radius 2 is 1.82 bits per heavy atom. The third kappa shape index (κ3) is 2.94. The Kier molecular flexibility index (Phi) is 3.59. The lowest BCUT2D eigenvalue weighted by molar-refractivity contribution is 0.420. The van der Waals surface area contributed by atoms with Gasteiger partial charge in [0.15, 0.2) is 5.76 Å². The summed E-state index contributed by atoms with van der Waals surface area (Å²) in [5, 5.41) is 7.28. The number of hydrogen-bond donors (Lipinski definition) is 1. The van der Waals surface area contributed by atoms with E-state index in [2.05, 4.69) is 49.4 Å². The van der Waals surface area contributed by atoms with Crippen molar-refractivity contribution in [3.63, 3.8) is 0 Å². The maximum Gasteiger partial charge on any atom is 0.167 e. The average Bonchev–Trinajstić information content (AvgIpc) is 2.73. The highest BCUT2D eigenvalue weighted by atomic mass is 16.5. The normalized spacial score (nSPS) is 10.8. The van der Waals surface area contributed by atoms with Gasteiger partial charge in [0.2, 0.25) is 0 Å². The molecule has 90 valence electrons. The van der Waals surface area contributed by atoms with Crippen molar-refractivity contribution in [2.75, 3.05) is 6.54 Å². The van der Waals surface area contributed by atoms with Gasteiger partial charge in [-0.2, -0.15) is 0 Å². The molecule has 1 aromatic heterocycles. The van der Waals surface area contributed by atoms with Crippen LogP contribution in [0, 0.1) is 13.8 Å². The summed E-state index contributed by atoms with van der Waals surface area (Å²) in [4.78, 5) is 0. The van der Waals surface area contributed by atoms with Crippen molar-refractivity contribution in [1.29, 1.82) is 0 Å². The first kappa shape index (κ1) is 11.9. The van der Waals surface area contributed by atoms with Crippen LogP contribution in [0.4, 0.5) is 0 Å². The van der Waals surface area contributed by atoms with Gasteiger partial charge in [-0.15, -0.1) is 0 Å². The molecule has 1 N–H and O–H groups in total. The van der Waals surface area contributed by atoms with Crippen LogP contribution in [-0.2, 0) is 6.54 Å². The van der Waals surface area contributed by atoms with Crippen molar-refractivity contribution < 1.29 is 4.52 Å². The largest absolute Gasteiger partial charge is 0.356 e. The predicted molar refractivity (Wildman–Crippen MR) is 68.8 cm³/mol. The molecule has 0 unspecified atom stereocenters. The minimum Gasteiger partial charge on any atom is -0.356 e. The Morgan fingerprint density at radius 1 is 1.12 bits per heavy atom. The first-order valence-electron chi connectivity index (χ1n) is 5.94. The average molecular weight is 230 g/mol. The second-order valence-corrected chi connectivity index (χ2v) is 4.34. The fourth-order valence-corrected chi connectivity index (χ4v) is 1.90. The monoisotopic (exact) mass is 230 g/mol. The predicted octanol–water partition coefficient (Wildman–Crippen LogP) is 3.07. The Labute approximate surface area is 102 Å². The Balaban J connectivity index is 2.24. The second-order valence-electron chi connectivity index (χ2n) is 4.34. The minimum absolute atomic E-state index is 0.755. The fourth-order valence-electron chi connectivity index (χ4n) is 1.90. The van der Waals surface area contributed by atoms with E-state index in [1.165, 1.54) is 11.1 Å². The number of nitrogens with one attached hydrogen (secondary N) is 1. The van der Waals surface area contributed by atoms with E-state index in [-0.39, 0.29) is 0 Å². The van der Waals surface area contributed by atoms with Crippen LogP contribution in [0.2, 0.25) is 0 Å². The molecule has 0 atom stereocenters. The van der Waals surface area contributed by atoms with Gasteiger partial charge >= 0.3 is 0 Å². The molecule has 1 heterocycles. The van der Waals surface area contributed by atoms with Gasteiger partial charge in [0, 0.05) is 18.2 Å². The van der Waals surface area contributed by atoms with Gasteiger partial charge in [-0.25, -0.2) is 0 Å². The third-order valence-corrected chi connectivity index (χ3v) is 2.62. The Morgan fingerprint density at radius 3 is 2.47 bits per heavy atom. The zero-order chi connectivity index (χ0) is 12.3. The SMILES string of the molecule is CCNCc1cc(-c2cc(C)cc(C)c2)on1. The van der Waals surface area contributed by atoms with Crippen LogP contribution in [0.15, 0.2) is 28.8 Å². The maximum atomic E-state index is 5.37. The van der Waals surface area contributed by atoms with Gasteiger partial charge < -0.3 is 9.84 Å². The molecule has 0 fully saturated rings. The highest BCUT2D eigenvalue weighted by Gasteiger charge is 2.07. The van der Waals surface area contributed by atoms with Gasteiger partial charge in [-0.3, -0.25) is 0 Å². The van der Waals surface area contributed by atoms with E-state index in [1.54, 1.807) is 0 Å². The molecular weight excluding hydrogens is 212 g/mol. The topological polar surface area (TPSA) is 38.1 Å². The molecule has 3 nitrogen and oxygen atoms in total. The van der Waals surface area contributed by atoms with Gasteiger partial charge in [-0.05, 0) is 32.5 Å². The molecule has 0 aliphatic carbocycles. The third-order valence-electron chi connectivity index (χ3n) is 2.62. The summed E-state index contributed by atoms with van der Waals surface area (Å²) in [6.07, 6.45) is 0. The van der Waals surface area contributed by atoms with E-state index < -0.39 is 0 Å². The quantitative estimate of drug-likeness (QED) is 0.877. The van der Waals surface area contributed by atoms with E-state index in [4.69, 9.17) is 4.52 Å². The molecule has 0 bridgehead atoms. The molecule has 0 spiro atoms. The lowest BCUT2D eigenvalue weighted by atomic mass is 10.1. The van der Waals surface area contributed by atoms with Crippen LogP contribution >= 0.6 is 0 Å². The molecule has 0 amide bonds. The Bertz CT molecular complexity index is 482.